The number of likely N-dealkylation sites (N-methyl/N-ethyl adjacent to an activating group) is 1. The van der Waals surface area contributed by atoms with Crippen molar-refractivity contribution >= 4 is 17.7 Å². The minimum Gasteiger partial charge on any atom is -0.394 e. The van der Waals surface area contributed by atoms with Crippen LogP contribution in [0.4, 0.5) is 0 Å². The van der Waals surface area contributed by atoms with Crippen LogP contribution in [0.1, 0.15) is 72.3 Å². The van der Waals surface area contributed by atoms with Crippen molar-refractivity contribution in [2.75, 3.05) is 34.4 Å². The average Bonchev–Trinajstić information content (AvgIpc) is 3.46. The number of benzene rings is 1. The second kappa shape index (κ2) is 17.6. The van der Waals surface area contributed by atoms with E-state index in [4.69, 9.17) is 9.47 Å². The maximum Gasteiger partial charge on any atom is 0.225 e. The van der Waals surface area contributed by atoms with Gasteiger partial charge < -0.3 is 29.7 Å². The van der Waals surface area contributed by atoms with Gasteiger partial charge in [0, 0.05) is 34.2 Å². The number of nitrogens with zero attached hydrogens (tertiary/aromatic N) is 2. The van der Waals surface area contributed by atoms with Crippen LogP contribution < -0.4 is 5.32 Å². The number of hydrogen-bond acceptors (Lipinski definition) is 6. The molecular formula is C33H55N3O6. The van der Waals surface area contributed by atoms with Crippen LogP contribution in [0, 0.1) is 17.8 Å². The highest BCUT2D eigenvalue weighted by Gasteiger charge is 2.42. The molecule has 1 fully saturated rings. The Morgan fingerprint density at radius 2 is 1.74 bits per heavy atom. The van der Waals surface area contributed by atoms with Gasteiger partial charge in [-0.2, -0.15) is 0 Å². The van der Waals surface area contributed by atoms with Crippen molar-refractivity contribution in [1.82, 2.24) is 15.1 Å². The number of methoxy groups -OCH3 is 2. The minimum absolute atomic E-state index is 0.0524. The molecule has 1 aliphatic heterocycles. The third-order valence-electron chi connectivity index (χ3n) is 8.78. The van der Waals surface area contributed by atoms with E-state index in [1.807, 2.05) is 63.1 Å². The first-order valence-electron chi connectivity index (χ1n) is 15.5. The standard InChI is InChI=1S/C33H55N3O6/c1-9-23(4)31(35(6)29(38)18-22(2)3)28(41-7)20-30(39)36-17-13-16-27(36)32(42-8)24(5)33(40)34-26(21-37)19-25-14-11-10-12-15-25/h10-12,14-15,22-24,26-28,31-32,37H,9,13,16-21H2,1-8H3,(H,34,40)/t23?,24?,26-,27-,28+,31-,32+/m1/s1. The lowest BCUT2D eigenvalue weighted by Crippen LogP contribution is -2.53. The summed E-state index contributed by atoms with van der Waals surface area (Å²) in [6.07, 6.45) is 2.54. The van der Waals surface area contributed by atoms with Gasteiger partial charge >= 0.3 is 0 Å². The third-order valence-corrected chi connectivity index (χ3v) is 8.78. The Kier molecular flexibility index (Phi) is 14.9. The highest BCUT2D eigenvalue weighted by Crippen LogP contribution is 2.29. The highest BCUT2D eigenvalue weighted by molar-refractivity contribution is 5.81. The first kappa shape index (κ1) is 35.7. The molecule has 1 saturated heterocycles. The average molecular weight is 590 g/mol. The summed E-state index contributed by atoms with van der Waals surface area (Å²) in [6, 6.07) is 8.81. The molecule has 2 rings (SSSR count). The largest absolute Gasteiger partial charge is 0.394 e. The zero-order valence-corrected chi connectivity index (χ0v) is 27.0. The molecule has 1 aromatic carbocycles. The smallest absolute Gasteiger partial charge is 0.225 e. The molecule has 42 heavy (non-hydrogen) atoms. The van der Waals surface area contributed by atoms with Crippen molar-refractivity contribution in [3.63, 3.8) is 0 Å². The summed E-state index contributed by atoms with van der Waals surface area (Å²) in [4.78, 5) is 43.7. The molecule has 3 amide bonds. The van der Waals surface area contributed by atoms with Gasteiger partial charge in [-0.15, -0.1) is 0 Å². The molecule has 9 nitrogen and oxygen atoms in total. The fourth-order valence-corrected chi connectivity index (χ4v) is 6.21. The second-order valence-electron chi connectivity index (χ2n) is 12.3. The SMILES string of the molecule is CCC(C)[C@H]([C@H](CC(=O)N1CCC[C@@H]1[C@@H](OC)C(C)C(=O)N[C@@H](CO)Cc1ccccc1)OC)N(C)C(=O)CC(C)C. The summed E-state index contributed by atoms with van der Waals surface area (Å²) < 4.78 is 11.8. The van der Waals surface area contributed by atoms with Crippen LogP contribution in [0.25, 0.3) is 0 Å². The first-order chi connectivity index (χ1) is 20.0. The number of rotatable bonds is 17. The van der Waals surface area contributed by atoms with E-state index in [0.29, 0.717) is 19.4 Å². The van der Waals surface area contributed by atoms with Gasteiger partial charge in [0.15, 0.2) is 0 Å². The quantitative estimate of drug-likeness (QED) is 0.287. The number of ether oxygens (including phenoxy) is 2. The third kappa shape index (κ3) is 9.78. The maximum absolute atomic E-state index is 13.8. The van der Waals surface area contributed by atoms with E-state index in [9.17, 15) is 19.5 Å². The van der Waals surface area contributed by atoms with E-state index in [0.717, 1.165) is 24.8 Å². The number of hydrogen-bond donors (Lipinski definition) is 2. The number of carbonyl (C=O) groups excluding carboxylic acids is 3. The number of nitrogens with one attached hydrogen (secondary N) is 1. The second-order valence-corrected chi connectivity index (χ2v) is 12.3. The molecule has 1 heterocycles. The predicted octanol–water partition coefficient (Wildman–Crippen LogP) is 3.67. The van der Waals surface area contributed by atoms with E-state index in [1.54, 1.807) is 19.1 Å². The number of likely N-dealkylation sites (tertiary alicyclic amines) is 1. The lowest BCUT2D eigenvalue weighted by Gasteiger charge is -2.39. The highest BCUT2D eigenvalue weighted by atomic mass is 16.5. The summed E-state index contributed by atoms with van der Waals surface area (Å²) >= 11 is 0. The van der Waals surface area contributed by atoms with Gasteiger partial charge in [-0.3, -0.25) is 14.4 Å². The van der Waals surface area contributed by atoms with Crippen LogP contribution in [0.15, 0.2) is 30.3 Å². The van der Waals surface area contributed by atoms with Gasteiger partial charge in [-0.1, -0.05) is 71.4 Å². The first-order valence-corrected chi connectivity index (χ1v) is 15.5. The van der Waals surface area contributed by atoms with Crippen LogP contribution in [0.3, 0.4) is 0 Å². The monoisotopic (exact) mass is 589 g/mol. The zero-order valence-electron chi connectivity index (χ0n) is 27.0. The molecular weight excluding hydrogens is 534 g/mol. The molecule has 1 aromatic rings. The maximum atomic E-state index is 13.8. The molecule has 2 unspecified atom stereocenters. The Hall–Kier alpha value is -2.49. The number of carbonyl (C=O) groups is 3. The van der Waals surface area contributed by atoms with Crippen LogP contribution in [0.2, 0.25) is 0 Å². The molecule has 9 heteroatoms. The van der Waals surface area contributed by atoms with Crippen LogP contribution in [0.5, 0.6) is 0 Å². The van der Waals surface area contributed by atoms with Crippen molar-refractivity contribution in [2.24, 2.45) is 17.8 Å². The van der Waals surface area contributed by atoms with Crippen LogP contribution in [-0.4, -0.2) is 97.4 Å². The van der Waals surface area contributed by atoms with Gasteiger partial charge in [0.05, 0.1) is 49.3 Å². The van der Waals surface area contributed by atoms with Gasteiger partial charge in [-0.25, -0.2) is 0 Å². The van der Waals surface area contributed by atoms with Crippen LogP contribution >= 0.6 is 0 Å². The van der Waals surface area contributed by atoms with Gasteiger partial charge in [-0.05, 0) is 36.7 Å². The van der Waals surface area contributed by atoms with Crippen molar-refractivity contribution < 1.29 is 29.0 Å². The van der Waals surface area contributed by atoms with Crippen molar-refractivity contribution in [3.8, 4) is 0 Å². The summed E-state index contributed by atoms with van der Waals surface area (Å²) in [5, 5.41) is 12.9. The van der Waals surface area contributed by atoms with Crippen molar-refractivity contribution in [1.29, 1.82) is 0 Å². The fraction of sp³-hybridized carbons (Fsp3) is 0.727. The molecule has 0 spiro atoms. The van der Waals surface area contributed by atoms with E-state index in [2.05, 4.69) is 19.2 Å². The van der Waals surface area contributed by atoms with E-state index >= 15 is 0 Å². The van der Waals surface area contributed by atoms with E-state index in [1.165, 1.54) is 0 Å². The zero-order chi connectivity index (χ0) is 31.4. The van der Waals surface area contributed by atoms with Crippen LogP contribution in [-0.2, 0) is 30.3 Å². The lowest BCUT2D eigenvalue weighted by molar-refractivity contribution is -0.146. The summed E-state index contributed by atoms with van der Waals surface area (Å²) in [5.74, 6) is -0.381. The lowest BCUT2D eigenvalue weighted by atomic mass is 9.90. The molecule has 0 bridgehead atoms. The number of amides is 3. The molecule has 7 atom stereocenters. The van der Waals surface area contributed by atoms with Gasteiger partial charge in [0.25, 0.3) is 0 Å². The Morgan fingerprint density at radius 3 is 2.29 bits per heavy atom. The fourth-order valence-electron chi connectivity index (χ4n) is 6.21. The van der Waals surface area contributed by atoms with Gasteiger partial charge in [0.1, 0.15) is 0 Å². The summed E-state index contributed by atoms with van der Waals surface area (Å²) in [5.41, 5.74) is 1.03. The van der Waals surface area contributed by atoms with Crippen molar-refractivity contribution in [3.05, 3.63) is 35.9 Å². The van der Waals surface area contributed by atoms with E-state index in [-0.39, 0.29) is 54.7 Å². The molecule has 0 saturated carbocycles. The van der Waals surface area contributed by atoms with Gasteiger partial charge in [0.2, 0.25) is 17.7 Å². The number of aliphatic hydroxyl groups is 1. The normalized spacial score (nSPS) is 19.6. The summed E-state index contributed by atoms with van der Waals surface area (Å²) in [7, 11) is 5.00. The number of aliphatic hydroxyl groups excluding tert-OH is 1. The molecule has 0 aromatic heterocycles. The van der Waals surface area contributed by atoms with Crippen molar-refractivity contribution in [2.45, 2.75) is 103 Å². The molecule has 238 valence electrons. The Labute approximate surface area is 253 Å². The van der Waals surface area contributed by atoms with E-state index < -0.39 is 24.2 Å². The summed E-state index contributed by atoms with van der Waals surface area (Å²) in [6.45, 7) is 10.4. The Morgan fingerprint density at radius 1 is 1.07 bits per heavy atom. The predicted molar refractivity (Wildman–Crippen MR) is 165 cm³/mol. The molecule has 1 aliphatic rings. The molecule has 0 radical (unpaired) electrons. The Bertz CT molecular complexity index is 974. The minimum atomic E-state index is -0.538. The Balaban J connectivity index is 2.15. The molecule has 2 N–H and O–H groups in total. The topological polar surface area (TPSA) is 108 Å². The molecule has 0 aliphatic carbocycles.